The Morgan fingerprint density at radius 3 is 2.70 bits per heavy atom. The molecule has 3 rings (SSSR count). The highest BCUT2D eigenvalue weighted by Gasteiger charge is 2.11. The van der Waals surface area contributed by atoms with Crippen LogP contribution in [0.5, 0.6) is 5.75 Å². The second-order valence-corrected chi connectivity index (χ2v) is 6.20. The van der Waals surface area contributed by atoms with Crippen molar-refractivity contribution < 1.29 is 9.53 Å². The minimum atomic E-state index is -0.150. The number of hydrogen-bond acceptors (Lipinski definition) is 2. The van der Waals surface area contributed by atoms with Gasteiger partial charge in [-0.2, -0.15) is 0 Å². The molecule has 1 aliphatic carbocycles. The topological polar surface area (TPSA) is 38.3 Å². The van der Waals surface area contributed by atoms with E-state index in [-0.39, 0.29) is 12.5 Å². The van der Waals surface area contributed by atoms with Crippen LogP contribution in [0.2, 0.25) is 5.02 Å². The zero-order valence-electron chi connectivity index (χ0n) is 13.0. The van der Waals surface area contributed by atoms with E-state index < -0.39 is 0 Å². The van der Waals surface area contributed by atoms with Crippen molar-refractivity contribution in [3.63, 3.8) is 0 Å². The summed E-state index contributed by atoms with van der Waals surface area (Å²) in [4.78, 5) is 11.9. The quantitative estimate of drug-likeness (QED) is 0.903. The van der Waals surface area contributed by atoms with Crippen LogP contribution in [-0.4, -0.2) is 12.5 Å². The first-order chi connectivity index (χ1) is 11.2. The van der Waals surface area contributed by atoms with Gasteiger partial charge in [0.2, 0.25) is 0 Å². The average molecular weight is 330 g/mol. The van der Waals surface area contributed by atoms with Crippen molar-refractivity contribution in [3.05, 3.63) is 64.2 Å². The summed E-state index contributed by atoms with van der Waals surface area (Å²) in [7, 11) is 0. The summed E-state index contributed by atoms with van der Waals surface area (Å²) in [5.74, 6) is 0.612. The van der Waals surface area contributed by atoms with Crippen molar-refractivity contribution in [3.8, 4) is 5.75 Å². The van der Waals surface area contributed by atoms with E-state index in [4.69, 9.17) is 16.3 Å². The number of ether oxygens (including phenoxy) is 1. The lowest BCUT2D eigenvalue weighted by atomic mass is 9.92. The van der Waals surface area contributed by atoms with E-state index in [2.05, 4.69) is 17.4 Å². The molecule has 2 aromatic carbocycles. The van der Waals surface area contributed by atoms with Crippen LogP contribution in [0, 0.1) is 0 Å². The minimum absolute atomic E-state index is 0.0171. The fraction of sp³-hybridized carbons (Fsp3) is 0.316. The molecule has 1 amide bonds. The third-order valence-electron chi connectivity index (χ3n) is 4.12. The third kappa shape index (κ3) is 4.26. The molecule has 0 bridgehead atoms. The van der Waals surface area contributed by atoms with Crippen LogP contribution in [0.25, 0.3) is 0 Å². The number of aryl methyl sites for hydroxylation is 2. The van der Waals surface area contributed by atoms with E-state index in [1.807, 2.05) is 30.3 Å². The lowest BCUT2D eigenvalue weighted by molar-refractivity contribution is -0.123. The van der Waals surface area contributed by atoms with E-state index in [9.17, 15) is 4.79 Å². The van der Waals surface area contributed by atoms with E-state index in [0.29, 0.717) is 11.6 Å². The predicted molar refractivity (Wildman–Crippen MR) is 91.9 cm³/mol. The molecule has 120 valence electrons. The Balaban J connectivity index is 1.50. The van der Waals surface area contributed by atoms with E-state index >= 15 is 0 Å². The van der Waals surface area contributed by atoms with Crippen LogP contribution < -0.4 is 10.1 Å². The summed E-state index contributed by atoms with van der Waals surface area (Å²) in [6, 6.07) is 13.6. The molecule has 0 aromatic heterocycles. The van der Waals surface area contributed by atoms with Gasteiger partial charge in [-0.05, 0) is 60.6 Å². The zero-order chi connectivity index (χ0) is 16.1. The van der Waals surface area contributed by atoms with Gasteiger partial charge in [0.25, 0.3) is 5.91 Å². The zero-order valence-corrected chi connectivity index (χ0v) is 13.7. The fourth-order valence-electron chi connectivity index (χ4n) is 2.84. The summed E-state index contributed by atoms with van der Waals surface area (Å²) in [5, 5.41) is 3.48. The number of carbonyl (C=O) groups excluding carboxylic acids is 1. The van der Waals surface area contributed by atoms with Crippen molar-refractivity contribution in [2.45, 2.75) is 32.2 Å². The smallest absolute Gasteiger partial charge is 0.258 e. The van der Waals surface area contributed by atoms with Gasteiger partial charge in [0.1, 0.15) is 5.75 Å². The molecule has 4 heteroatoms. The Morgan fingerprint density at radius 1 is 1.09 bits per heavy atom. The second-order valence-electron chi connectivity index (χ2n) is 5.79. The number of carbonyl (C=O) groups is 1. The fourth-order valence-corrected chi connectivity index (χ4v) is 3.04. The highest BCUT2D eigenvalue weighted by atomic mass is 35.5. The monoisotopic (exact) mass is 329 g/mol. The molecule has 0 saturated heterocycles. The Morgan fingerprint density at radius 2 is 1.87 bits per heavy atom. The molecule has 1 aliphatic rings. The van der Waals surface area contributed by atoms with Crippen molar-refractivity contribution in [2.24, 2.45) is 0 Å². The van der Waals surface area contributed by atoms with Gasteiger partial charge >= 0.3 is 0 Å². The Hall–Kier alpha value is -2.00. The third-order valence-corrected chi connectivity index (χ3v) is 4.49. The number of benzene rings is 2. The number of hydrogen-bond donors (Lipinski definition) is 1. The highest BCUT2D eigenvalue weighted by Crippen LogP contribution is 2.25. The maximum atomic E-state index is 11.9. The van der Waals surface area contributed by atoms with Gasteiger partial charge in [0, 0.05) is 11.6 Å². The lowest BCUT2D eigenvalue weighted by Gasteiger charge is -2.16. The van der Waals surface area contributed by atoms with Gasteiger partial charge in [0.15, 0.2) is 6.61 Å². The number of halogens is 1. The maximum absolute atomic E-state index is 11.9. The molecule has 0 unspecified atom stereocenters. The average Bonchev–Trinajstić information content (AvgIpc) is 2.59. The molecule has 0 radical (unpaired) electrons. The van der Waals surface area contributed by atoms with E-state index in [1.165, 1.54) is 24.0 Å². The van der Waals surface area contributed by atoms with Crippen LogP contribution in [-0.2, 0) is 24.2 Å². The molecule has 3 nitrogen and oxygen atoms in total. The first-order valence-electron chi connectivity index (χ1n) is 7.97. The number of fused-ring (bicyclic) bond motifs is 1. The summed E-state index contributed by atoms with van der Waals surface area (Å²) < 4.78 is 5.61. The molecule has 0 fully saturated rings. The molecule has 0 atom stereocenters. The molecule has 1 N–H and O–H groups in total. The molecule has 2 aromatic rings. The van der Waals surface area contributed by atoms with E-state index in [0.717, 1.165) is 24.2 Å². The number of nitrogens with one attached hydrogen (secondary N) is 1. The minimum Gasteiger partial charge on any atom is -0.484 e. The summed E-state index contributed by atoms with van der Waals surface area (Å²) >= 11 is 6.07. The van der Waals surface area contributed by atoms with Gasteiger partial charge in [-0.1, -0.05) is 35.9 Å². The number of rotatable bonds is 5. The molecule has 0 heterocycles. The van der Waals surface area contributed by atoms with Crippen molar-refractivity contribution in [1.82, 2.24) is 5.32 Å². The van der Waals surface area contributed by atoms with Gasteiger partial charge in [-0.15, -0.1) is 0 Å². The maximum Gasteiger partial charge on any atom is 0.258 e. The van der Waals surface area contributed by atoms with Crippen molar-refractivity contribution in [1.29, 1.82) is 0 Å². The molecule has 23 heavy (non-hydrogen) atoms. The second kappa shape index (κ2) is 7.51. The normalized spacial score (nSPS) is 13.3. The Labute approximate surface area is 141 Å². The van der Waals surface area contributed by atoms with Crippen LogP contribution in [0.4, 0.5) is 0 Å². The molecule has 0 aliphatic heterocycles. The van der Waals surface area contributed by atoms with Crippen LogP contribution in [0.3, 0.4) is 0 Å². The summed E-state index contributed by atoms with van der Waals surface area (Å²) in [6.45, 7) is 0.426. The predicted octanol–water partition coefficient (Wildman–Crippen LogP) is 3.91. The van der Waals surface area contributed by atoms with Gasteiger partial charge < -0.3 is 10.1 Å². The first kappa shape index (κ1) is 15.9. The van der Waals surface area contributed by atoms with Crippen LogP contribution in [0.15, 0.2) is 42.5 Å². The molecule has 0 spiro atoms. The Bertz CT molecular complexity index is 700. The van der Waals surface area contributed by atoms with Gasteiger partial charge in [-0.3, -0.25) is 4.79 Å². The SMILES string of the molecule is O=C(COc1ccc2c(c1)CCCC2)NCc1ccccc1Cl. The molecular formula is C19H20ClNO2. The molecular weight excluding hydrogens is 310 g/mol. The Kier molecular flexibility index (Phi) is 5.19. The van der Waals surface area contributed by atoms with Gasteiger partial charge in [0.05, 0.1) is 0 Å². The highest BCUT2D eigenvalue weighted by molar-refractivity contribution is 6.31. The molecule has 0 saturated carbocycles. The van der Waals surface area contributed by atoms with E-state index in [1.54, 1.807) is 0 Å². The lowest BCUT2D eigenvalue weighted by Crippen LogP contribution is -2.28. The number of amides is 1. The van der Waals surface area contributed by atoms with Gasteiger partial charge in [-0.25, -0.2) is 0 Å². The van der Waals surface area contributed by atoms with Crippen LogP contribution >= 0.6 is 11.6 Å². The largest absolute Gasteiger partial charge is 0.484 e. The van der Waals surface area contributed by atoms with Crippen molar-refractivity contribution >= 4 is 17.5 Å². The standard InChI is InChI=1S/C19H20ClNO2/c20-18-8-4-3-7-16(18)12-21-19(22)13-23-17-10-9-14-5-1-2-6-15(14)11-17/h3-4,7-11H,1-2,5-6,12-13H2,(H,21,22). The summed E-state index contributed by atoms with van der Waals surface area (Å²) in [6.07, 6.45) is 4.74. The summed E-state index contributed by atoms with van der Waals surface area (Å²) in [5.41, 5.74) is 3.66. The first-order valence-corrected chi connectivity index (χ1v) is 8.35. The van der Waals surface area contributed by atoms with Crippen molar-refractivity contribution in [2.75, 3.05) is 6.61 Å². The van der Waals surface area contributed by atoms with Crippen LogP contribution in [0.1, 0.15) is 29.5 Å².